The largest absolute Gasteiger partial charge is 0.462 e. The first kappa shape index (κ1) is 47.7. The maximum Gasteiger partial charge on any atom is 0.306 e. The number of hydrogen-bond acceptors (Lipinski definition) is 11. The highest BCUT2D eigenvalue weighted by atomic mass is 32.2. The average molecular weight is 753 g/mol. The minimum atomic E-state index is -4.59. The van der Waals surface area contributed by atoms with E-state index in [1.165, 1.54) is 96.3 Å². The van der Waals surface area contributed by atoms with Crippen molar-refractivity contribution < 1.29 is 56.8 Å². The summed E-state index contributed by atoms with van der Waals surface area (Å²) < 4.78 is 53.8. The fraction of sp³-hybridized carbons (Fsp3) is 0.947. The summed E-state index contributed by atoms with van der Waals surface area (Å²) in [4.78, 5) is 25.2. The maximum atomic E-state index is 12.7. The first-order chi connectivity index (χ1) is 24.5. The van der Waals surface area contributed by atoms with Crippen LogP contribution in [-0.4, -0.2) is 96.0 Å². The standard InChI is InChI=1S/C38H72O12S/c1-3-5-7-9-11-13-15-16-17-19-21-23-25-27-34(40)49-31(28-47-33(39)26-24-22-20-18-14-12-10-8-6-4-2)29-48-38-37(43)36(42)35(41)32(50-38)30-51(44,45)46/h31-32,35-38,41-43H,3-30H2,1-2H3,(H,44,45,46)/t31-,32-,35-,36+,37-,38+/m1/s1. The van der Waals surface area contributed by atoms with Gasteiger partial charge in [-0.1, -0.05) is 149 Å². The summed E-state index contributed by atoms with van der Waals surface area (Å²) in [5, 5.41) is 30.7. The van der Waals surface area contributed by atoms with Crippen molar-refractivity contribution in [2.24, 2.45) is 0 Å². The molecule has 0 bridgehead atoms. The van der Waals surface area contributed by atoms with Crippen molar-refractivity contribution >= 4 is 22.1 Å². The highest BCUT2D eigenvalue weighted by molar-refractivity contribution is 7.85. The SMILES string of the molecule is CCCCCCCCCCCCCCCC(=O)O[C@H](COC(=O)CCCCCCCCCCCC)CO[C@H]1O[C@H](CS(=O)(=O)O)[C@@H](O)[C@H](O)[C@H]1O. The van der Waals surface area contributed by atoms with E-state index in [0.717, 1.165) is 38.5 Å². The van der Waals surface area contributed by atoms with Crippen molar-refractivity contribution in [3.8, 4) is 0 Å². The lowest BCUT2D eigenvalue weighted by Crippen LogP contribution is -2.60. The molecular weight excluding hydrogens is 680 g/mol. The molecule has 51 heavy (non-hydrogen) atoms. The highest BCUT2D eigenvalue weighted by Crippen LogP contribution is 2.24. The highest BCUT2D eigenvalue weighted by Gasteiger charge is 2.46. The van der Waals surface area contributed by atoms with Gasteiger partial charge < -0.3 is 34.3 Å². The summed E-state index contributed by atoms with van der Waals surface area (Å²) in [5.74, 6) is -1.97. The molecule has 1 rings (SSSR count). The summed E-state index contributed by atoms with van der Waals surface area (Å²) in [6.45, 7) is 3.73. The zero-order valence-electron chi connectivity index (χ0n) is 31.7. The van der Waals surface area contributed by atoms with Crippen molar-refractivity contribution in [1.29, 1.82) is 0 Å². The van der Waals surface area contributed by atoms with E-state index in [0.29, 0.717) is 12.8 Å². The molecule has 1 saturated heterocycles. The Kier molecular flexibility index (Phi) is 28.1. The van der Waals surface area contributed by atoms with Crippen LogP contribution in [-0.2, 0) is 38.7 Å². The van der Waals surface area contributed by atoms with Gasteiger partial charge >= 0.3 is 11.9 Å². The van der Waals surface area contributed by atoms with Crippen molar-refractivity contribution in [3.63, 3.8) is 0 Å². The van der Waals surface area contributed by atoms with Gasteiger partial charge in [-0.25, -0.2) is 0 Å². The van der Waals surface area contributed by atoms with E-state index in [-0.39, 0.29) is 19.4 Å². The van der Waals surface area contributed by atoms with Gasteiger partial charge in [-0.05, 0) is 12.8 Å². The molecule has 0 amide bonds. The molecule has 1 aliphatic heterocycles. The predicted molar refractivity (Wildman–Crippen MR) is 197 cm³/mol. The molecular formula is C38H72O12S. The van der Waals surface area contributed by atoms with E-state index in [2.05, 4.69) is 13.8 Å². The van der Waals surface area contributed by atoms with Crippen LogP contribution in [0.4, 0.5) is 0 Å². The first-order valence-electron chi connectivity index (χ1n) is 20.1. The Morgan fingerprint density at radius 1 is 0.588 bits per heavy atom. The molecule has 0 saturated carbocycles. The van der Waals surface area contributed by atoms with E-state index in [4.69, 9.17) is 18.9 Å². The van der Waals surface area contributed by atoms with Gasteiger partial charge in [-0.15, -0.1) is 0 Å². The van der Waals surface area contributed by atoms with Gasteiger partial charge in [-0.3, -0.25) is 14.1 Å². The fourth-order valence-electron chi connectivity index (χ4n) is 6.26. The second kappa shape index (κ2) is 30.0. The Morgan fingerprint density at radius 2 is 1.00 bits per heavy atom. The minimum absolute atomic E-state index is 0.171. The van der Waals surface area contributed by atoms with E-state index < -0.39 is 71.2 Å². The van der Waals surface area contributed by atoms with Crippen molar-refractivity contribution in [3.05, 3.63) is 0 Å². The molecule has 302 valence electrons. The summed E-state index contributed by atoms with van der Waals surface area (Å²) in [7, 11) is -4.59. The number of carbonyl (C=O) groups is 2. The topological polar surface area (TPSA) is 186 Å². The van der Waals surface area contributed by atoms with E-state index in [9.17, 15) is 37.9 Å². The number of rotatable bonds is 33. The number of hydrogen-bond donors (Lipinski definition) is 4. The molecule has 0 spiro atoms. The molecule has 0 radical (unpaired) electrons. The zero-order valence-corrected chi connectivity index (χ0v) is 32.5. The Hall–Kier alpha value is -1.35. The molecule has 1 fully saturated rings. The first-order valence-corrected chi connectivity index (χ1v) is 21.7. The second-order valence-electron chi connectivity index (χ2n) is 14.3. The van der Waals surface area contributed by atoms with Crippen molar-refractivity contribution in [1.82, 2.24) is 0 Å². The van der Waals surface area contributed by atoms with Crippen LogP contribution in [0.3, 0.4) is 0 Å². The van der Waals surface area contributed by atoms with Crippen LogP contribution >= 0.6 is 0 Å². The Bertz CT molecular complexity index is 978. The van der Waals surface area contributed by atoms with Crippen LogP contribution in [0.2, 0.25) is 0 Å². The van der Waals surface area contributed by atoms with Gasteiger partial charge in [0.15, 0.2) is 12.4 Å². The number of unbranched alkanes of at least 4 members (excludes halogenated alkanes) is 21. The molecule has 0 aromatic carbocycles. The monoisotopic (exact) mass is 752 g/mol. The van der Waals surface area contributed by atoms with Gasteiger partial charge in [0, 0.05) is 12.8 Å². The third-order valence-electron chi connectivity index (χ3n) is 9.44. The van der Waals surface area contributed by atoms with E-state index in [1.807, 2.05) is 0 Å². The van der Waals surface area contributed by atoms with Gasteiger partial charge in [0.25, 0.3) is 10.1 Å². The quantitative estimate of drug-likeness (QED) is 0.0308. The van der Waals surface area contributed by atoms with Crippen LogP contribution in [0.25, 0.3) is 0 Å². The summed E-state index contributed by atoms with van der Waals surface area (Å²) in [6, 6.07) is 0. The lowest BCUT2D eigenvalue weighted by Gasteiger charge is -2.40. The minimum Gasteiger partial charge on any atom is -0.462 e. The fourth-order valence-corrected chi connectivity index (χ4v) is 6.96. The third kappa shape index (κ3) is 25.3. The van der Waals surface area contributed by atoms with Crippen LogP contribution in [0.5, 0.6) is 0 Å². The molecule has 0 aromatic heterocycles. The smallest absolute Gasteiger partial charge is 0.306 e. The van der Waals surface area contributed by atoms with Gasteiger partial charge in [-0.2, -0.15) is 8.42 Å². The van der Waals surface area contributed by atoms with Crippen LogP contribution in [0.1, 0.15) is 174 Å². The average Bonchev–Trinajstić information content (AvgIpc) is 3.09. The van der Waals surface area contributed by atoms with E-state index in [1.54, 1.807) is 0 Å². The number of carbonyl (C=O) groups excluding carboxylic acids is 2. The van der Waals surface area contributed by atoms with Gasteiger partial charge in [0.05, 0.1) is 6.61 Å². The molecule has 0 aromatic rings. The Morgan fingerprint density at radius 3 is 1.43 bits per heavy atom. The van der Waals surface area contributed by atoms with Crippen LogP contribution in [0, 0.1) is 0 Å². The van der Waals surface area contributed by atoms with Gasteiger partial charge in [0.2, 0.25) is 0 Å². The Balaban J connectivity index is 2.50. The predicted octanol–water partition coefficient (Wildman–Crippen LogP) is 6.95. The van der Waals surface area contributed by atoms with Crippen LogP contribution in [0.15, 0.2) is 0 Å². The molecule has 6 atom stereocenters. The zero-order chi connectivity index (χ0) is 37.7. The third-order valence-corrected chi connectivity index (χ3v) is 10.2. The van der Waals surface area contributed by atoms with Crippen LogP contribution < -0.4 is 0 Å². The molecule has 4 N–H and O–H groups in total. The lowest BCUT2D eigenvalue weighted by molar-refractivity contribution is -0.297. The molecule has 1 aliphatic rings. The summed E-state index contributed by atoms with van der Waals surface area (Å²) in [6.07, 6.45) is 17.3. The molecule has 13 heteroatoms. The molecule has 1 heterocycles. The normalized spacial score (nSPS) is 21.4. The number of aliphatic hydroxyl groups excluding tert-OH is 3. The maximum absolute atomic E-state index is 12.7. The molecule has 12 nitrogen and oxygen atoms in total. The number of ether oxygens (including phenoxy) is 4. The lowest BCUT2D eigenvalue weighted by atomic mass is 10.00. The second-order valence-corrected chi connectivity index (χ2v) is 15.8. The van der Waals surface area contributed by atoms with Crippen molar-refractivity contribution in [2.45, 2.75) is 211 Å². The summed E-state index contributed by atoms with van der Waals surface area (Å²) >= 11 is 0. The Labute approximate surface area is 308 Å². The van der Waals surface area contributed by atoms with E-state index >= 15 is 0 Å². The molecule has 0 unspecified atom stereocenters. The number of aliphatic hydroxyl groups is 3. The summed E-state index contributed by atoms with van der Waals surface area (Å²) in [5.41, 5.74) is 0. The van der Waals surface area contributed by atoms with Gasteiger partial charge in [0.1, 0.15) is 36.8 Å². The number of esters is 2. The molecule has 0 aliphatic carbocycles. The van der Waals surface area contributed by atoms with Crippen molar-refractivity contribution in [2.75, 3.05) is 19.0 Å².